The third kappa shape index (κ3) is 3.85. The second-order valence-electron chi connectivity index (χ2n) is 9.07. The van der Waals surface area contributed by atoms with Crippen LogP contribution in [0.2, 0.25) is 0 Å². The van der Waals surface area contributed by atoms with E-state index in [1.54, 1.807) is 50.2 Å². The molecule has 34 heavy (non-hydrogen) atoms. The number of carbonyl (C=O) groups excluding carboxylic acids is 3. The van der Waals surface area contributed by atoms with Gasteiger partial charge in [-0.25, -0.2) is 4.79 Å². The number of anilines is 1. The average molecular weight is 462 g/mol. The number of hydrogen-bond donors (Lipinski definition) is 1. The molecule has 7 nitrogen and oxygen atoms in total. The van der Waals surface area contributed by atoms with E-state index in [1.807, 2.05) is 0 Å². The molecule has 2 aliphatic rings. The molecule has 1 saturated carbocycles. The Morgan fingerprint density at radius 3 is 2.50 bits per heavy atom. The molecule has 1 fully saturated rings. The summed E-state index contributed by atoms with van der Waals surface area (Å²) >= 11 is 0. The van der Waals surface area contributed by atoms with Crippen LogP contribution in [0, 0.1) is 6.92 Å². The second-order valence-corrected chi connectivity index (χ2v) is 9.07. The Kier molecular flexibility index (Phi) is 5.63. The molecular weight excluding hydrogens is 434 g/mol. The highest BCUT2D eigenvalue weighted by atomic mass is 16.5. The van der Waals surface area contributed by atoms with Crippen molar-refractivity contribution in [1.29, 1.82) is 0 Å². The van der Waals surface area contributed by atoms with Gasteiger partial charge in [-0.3, -0.25) is 9.59 Å². The number of rotatable bonds is 4. The predicted octanol–water partition coefficient (Wildman–Crippen LogP) is 5.84. The first-order valence-corrected chi connectivity index (χ1v) is 11.8. The highest BCUT2D eigenvalue weighted by molar-refractivity contribution is 6.14. The van der Waals surface area contributed by atoms with E-state index in [0.717, 1.165) is 25.7 Å². The molecule has 5 rings (SSSR count). The lowest BCUT2D eigenvalue weighted by atomic mass is 9.78. The maximum atomic E-state index is 13.3. The molecule has 1 N–H and O–H groups in total. The van der Waals surface area contributed by atoms with Gasteiger partial charge in [-0.05, 0) is 75.9 Å². The lowest BCUT2D eigenvalue weighted by Gasteiger charge is -2.40. The minimum absolute atomic E-state index is 0.0409. The lowest BCUT2D eigenvalue weighted by molar-refractivity contribution is 0.0139. The monoisotopic (exact) mass is 461 g/mol. The van der Waals surface area contributed by atoms with Gasteiger partial charge in [0.25, 0.3) is 5.91 Å². The number of aryl methyl sites for hydroxylation is 1. The number of ether oxygens (including phenoxy) is 2. The van der Waals surface area contributed by atoms with Crippen LogP contribution in [0.4, 0.5) is 5.69 Å². The topological polar surface area (TPSA) is 94.8 Å². The average Bonchev–Trinajstić information content (AvgIpc) is 3.16. The Bertz CT molecular complexity index is 1280. The molecule has 1 aliphatic carbocycles. The molecule has 0 unspecified atom stereocenters. The molecule has 3 aromatic rings. The van der Waals surface area contributed by atoms with Crippen LogP contribution in [0.1, 0.15) is 82.3 Å². The van der Waals surface area contributed by atoms with Gasteiger partial charge >= 0.3 is 5.97 Å². The SMILES string of the molecule is CCOC(=O)c1ccc(NC(=O)c2oc3ccc4c(c3c2C)C(=O)CC2(CCCCC2)O4)cc1. The quantitative estimate of drug-likeness (QED) is 0.491. The van der Waals surface area contributed by atoms with Gasteiger partial charge in [0.1, 0.15) is 16.9 Å². The fourth-order valence-corrected chi connectivity index (χ4v) is 5.12. The van der Waals surface area contributed by atoms with Crippen LogP contribution in [-0.4, -0.2) is 29.9 Å². The van der Waals surface area contributed by atoms with Crippen LogP contribution in [0.15, 0.2) is 40.8 Å². The number of nitrogens with one attached hydrogen (secondary N) is 1. The molecule has 0 bridgehead atoms. The van der Waals surface area contributed by atoms with E-state index in [-0.39, 0.29) is 11.5 Å². The van der Waals surface area contributed by atoms with E-state index >= 15 is 0 Å². The van der Waals surface area contributed by atoms with Crippen molar-refractivity contribution in [1.82, 2.24) is 0 Å². The molecule has 2 aromatic carbocycles. The molecule has 1 amide bonds. The molecule has 2 heterocycles. The van der Waals surface area contributed by atoms with Gasteiger partial charge in [-0.1, -0.05) is 6.42 Å². The number of Topliss-reactive ketones (excluding diaryl/α,β-unsaturated/α-hetero) is 1. The Morgan fingerprint density at radius 1 is 1.06 bits per heavy atom. The number of hydrogen-bond acceptors (Lipinski definition) is 6. The molecule has 7 heteroatoms. The maximum Gasteiger partial charge on any atom is 0.338 e. The van der Waals surface area contributed by atoms with E-state index in [4.69, 9.17) is 13.9 Å². The summed E-state index contributed by atoms with van der Waals surface area (Å²) in [4.78, 5) is 38.1. The molecule has 1 spiro atoms. The van der Waals surface area contributed by atoms with Crippen molar-refractivity contribution in [3.05, 3.63) is 58.8 Å². The van der Waals surface area contributed by atoms with Crippen molar-refractivity contribution in [2.24, 2.45) is 0 Å². The predicted molar refractivity (Wildman–Crippen MR) is 127 cm³/mol. The van der Waals surface area contributed by atoms with Crippen molar-refractivity contribution < 1.29 is 28.3 Å². The first kappa shape index (κ1) is 22.2. The summed E-state index contributed by atoms with van der Waals surface area (Å²) in [6.07, 6.45) is 5.46. The smallest absolute Gasteiger partial charge is 0.338 e. The van der Waals surface area contributed by atoms with E-state index in [2.05, 4.69) is 5.32 Å². The molecule has 0 radical (unpaired) electrons. The minimum atomic E-state index is -0.431. The zero-order valence-electron chi connectivity index (χ0n) is 19.4. The first-order chi connectivity index (χ1) is 16.4. The first-order valence-electron chi connectivity index (χ1n) is 11.8. The number of amides is 1. The summed E-state index contributed by atoms with van der Waals surface area (Å²) in [7, 11) is 0. The van der Waals surface area contributed by atoms with Crippen LogP contribution >= 0.6 is 0 Å². The van der Waals surface area contributed by atoms with Gasteiger partial charge < -0.3 is 19.2 Å². The van der Waals surface area contributed by atoms with Gasteiger partial charge in [0.05, 0.1) is 24.2 Å². The third-order valence-corrected chi connectivity index (χ3v) is 6.77. The van der Waals surface area contributed by atoms with Gasteiger partial charge in [0, 0.05) is 16.6 Å². The summed E-state index contributed by atoms with van der Waals surface area (Å²) in [5.41, 5.74) is 2.11. The van der Waals surface area contributed by atoms with E-state index in [0.29, 0.717) is 52.1 Å². The highest BCUT2D eigenvalue weighted by Gasteiger charge is 2.42. The highest BCUT2D eigenvalue weighted by Crippen LogP contribution is 2.45. The number of benzene rings is 2. The normalized spacial score (nSPS) is 16.7. The summed E-state index contributed by atoms with van der Waals surface area (Å²) in [6, 6.07) is 9.99. The third-order valence-electron chi connectivity index (χ3n) is 6.77. The maximum absolute atomic E-state index is 13.3. The lowest BCUT2D eigenvalue weighted by Crippen LogP contribution is -2.43. The van der Waals surface area contributed by atoms with Crippen LogP contribution in [-0.2, 0) is 4.74 Å². The minimum Gasteiger partial charge on any atom is -0.486 e. The number of carbonyl (C=O) groups is 3. The Balaban J connectivity index is 1.43. The number of esters is 1. The van der Waals surface area contributed by atoms with Gasteiger partial charge in [-0.15, -0.1) is 0 Å². The summed E-state index contributed by atoms with van der Waals surface area (Å²) < 4.78 is 17.3. The van der Waals surface area contributed by atoms with Crippen LogP contribution in [0.25, 0.3) is 11.0 Å². The van der Waals surface area contributed by atoms with E-state index in [9.17, 15) is 14.4 Å². The largest absolute Gasteiger partial charge is 0.486 e. The molecule has 0 atom stereocenters. The summed E-state index contributed by atoms with van der Waals surface area (Å²) in [5.74, 6) is -0.0849. The van der Waals surface area contributed by atoms with Crippen molar-refractivity contribution in [3.63, 3.8) is 0 Å². The number of furan rings is 1. The van der Waals surface area contributed by atoms with Crippen molar-refractivity contribution in [3.8, 4) is 5.75 Å². The van der Waals surface area contributed by atoms with E-state index < -0.39 is 17.5 Å². The molecule has 1 aliphatic heterocycles. The fourth-order valence-electron chi connectivity index (χ4n) is 5.12. The standard InChI is InChI=1S/C27H27NO6/c1-3-32-26(31)17-7-9-18(10-8-17)28-25(30)24-16(2)22-20(33-24)11-12-21-23(22)19(29)15-27(34-21)13-5-4-6-14-27/h7-12H,3-6,13-15H2,1-2H3,(H,28,30). The van der Waals surface area contributed by atoms with Crippen molar-refractivity contribution in [2.45, 2.75) is 58.0 Å². The van der Waals surface area contributed by atoms with Crippen molar-refractivity contribution in [2.75, 3.05) is 11.9 Å². The molecule has 1 aromatic heterocycles. The van der Waals surface area contributed by atoms with Gasteiger partial charge in [0.2, 0.25) is 0 Å². The number of fused-ring (bicyclic) bond motifs is 3. The molecule has 0 saturated heterocycles. The molecular formula is C27H27NO6. The summed E-state index contributed by atoms with van der Waals surface area (Å²) in [5, 5.41) is 3.43. The molecule has 176 valence electrons. The Hall–Kier alpha value is -3.61. The van der Waals surface area contributed by atoms with E-state index in [1.165, 1.54) is 6.42 Å². The second kappa shape index (κ2) is 8.63. The van der Waals surface area contributed by atoms with Gasteiger partial charge in [-0.2, -0.15) is 0 Å². The van der Waals surface area contributed by atoms with Gasteiger partial charge in [0.15, 0.2) is 11.5 Å². The zero-order chi connectivity index (χ0) is 23.9. The fraction of sp³-hybridized carbons (Fsp3) is 0.370. The summed E-state index contributed by atoms with van der Waals surface area (Å²) in [6.45, 7) is 3.82. The van der Waals surface area contributed by atoms with Crippen LogP contribution in [0.5, 0.6) is 5.75 Å². The number of ketones is 1. The Labute approximate surface area is 197 Å². The van der Waals surface area contributed by atoms with Crippen molar-refractivity contribution >= 4 is 34.3 Å². The zero-order valence-corrected chi connectivity index (χ0v) is 19.4. The van der Waals surface area contributed by atoms with Crippen LogP contribution < -0.4 is 10.1 Å². The Morgan fingerprint density at radius 2 is 1.79 bits per heavy atom. The van der Waals surface area contributed by atoms with Crippen LogP contribution in [0.3, 0.4) is 0 Å².